The van der Waals surface area contributed by atoms with Crippen molar-refractivity contribution in [2.75, 3.05) is 11.6 Å². The van der Waals surface area contributed by atoms with E-state index >= 15 is 0 Å². The van der Waals surface area contributed by atoms with Crippen molar-refractivity contribution in [3.63, 3.8) is 0 Å². The van der Waals surface area contributed by atoms with Gasteiger partial charge in [0.05, 0.1) is 6.54 Å². The minimum absolute atomic E-state index is 0.298. The van der Waals surface area contributed by atoms with E-state index in [2.05, 4.69) is 21.8 Å². The van der Waals surface area contributed by atoms with Gasteiger partial charge in [-0.3, -0.25) is 0 Å². The van der Waals surface area contributed by atoms with Gasteiger partial charge < -0.3 is 15.5 Å². The minimum Gasteiger partial charge on any atom is -0.407 e. The van der Waals surface area contributed by atoms with Crippen LogP contribution in [0, 0.1) is 0 Å². The molecule has 90 valence electrons. The first kappa shape index (κ1) is 11.7. The Kier molecular flexibility index (Phi) is 4.06. The highest BCUT2D eigenvalue weighted by atomic mass is 32.2. The Morgan fingerprint density at radius 1 is 1.50 bits per heavy atom. The Morgan fingerprint density at radius 2 is 2.38 bits per heavy atom. The van der Waals surface area contributed by atoms with Gasteiger partial charge in [0, 0.05) is 11.3 Å². The molecule has 0 amide bonds. The van der Waals surface area contributed by atoms with Crippen LogP contribution in [0.1, 0.15) is 31.6 Å². The van der Waals surface area contributed by atoms with Crippen LogP contribution in [0.5, 0.6) is 0 Å². The standard InChI is InChI=1S/C10H18N4OS/c1-16-8-4-2-3-7(5-8)12-10-14-13-9(6-11)15-10/h7-8H,2-6,11H2,1H3,(H,12,14). The van der Waals surface area contributed by atoms with Crippen LogP contribution in [0.4, 0.5) is 6.01 Å². The molecule has 1 aromatic heterocycles. The Bertz CT molecular complexity index is 330. The van der Waals surface area contributed by atoms with Crippen LogP contribution in [-0.4, -0.2) is 27.7 Å². The summed E-state index contributed by atoms with van der Waals surface area (Å²) in [5.74, 6) is 0.486. The van der Waals surface area contributed by atoms with Crippen molar-refractivity contribution in [1.29, 1.82) is 0 Å². The van der Waals surface area contributed by atoms with Crippen LogP contribution in [0.3, 0.4) is 0 Å². The summed E-state index contributed by atoms with van der Waals surface area (Å²) in [5.41, 5.74) is 5.41. The van der Waals surface area contributed by atoms with Crippen molar-refractivity contribution in [2.24, 2.45) is 5.73 Å². The maximum Gasteiger partial charge on any atom is 0.315 e. The third-order valence-electron chi connectivity index (χ3n) is 2.93. The summed E-state index contributed by atoms with van der Waals surface area (Å²) < 4.78 is 5.34. The molecule has 0 radical (unpaired) electrons. The minimum atomic E-state index is 0.298. The smallest absolute Gasteiger partial charge is 0.315 e. The zero-order valence-electron chi connectivity index (χ0n) is 9.48. The van der Waals surface area contributed by atoms with Crippen molar-refractivity contribution < 1.29 is 4.42 Å². The van der Waals surface area contributed by atoms with Crippen LogP contribution in [-0.2, 0) is 6.54 Å². The second-order valence-corrected chi connectivity index (χ2v) is 5.21. The first-order chi connectivity index (χ1) is 7.81. The lowest BCUT2D eigenvalue weighted by atomic mass is 9.95. The highest BCUT2D eigenvalue weighted by Crippen LogP contribution is 2.28. The first-order valence-electron chi connectivity index (χ1n) is 5.63. The molecule has 0 aromatic carbocycles. The molecule has 1 fully saturated rings. The molecule has 16 heavy (non-hydrogen) atoms. The summed E-state index contributed by atoms with van der Waals surface area (Å²) in [6, 6.07) is 0.962. The van der Waals surface area contributed by atoms with Gasteiger partial charge in [-0.15, -0.1) is 5.10 Å². The van der Waals surface area contributed by atoms with E-state index in [0.29, 0.717) is 24.5 Å². The number of aromatic nitrogens is 2. The van der Waals surface area contributed by atoms with Gasteiger partial charge in [-0.05, 0) is 25.5 Å². The highest BCUT2D eigenvalue weighted by Gasteiger charge is 2.22. The van der Waals surface area contributed by atoms with Gasteiger partial charge in [-0.25, -0.2) is 0 Å². The summed E-state index contributed by atoms with van der Waals surface area (Å²) in [6.07, 6.45) is 7.10. The Morgan fingerprint density at radius 3 is 3.06 bits per heavy atom. The molecule has 1 heterocycles. The van der Waals surface area contributed by atoms with E-state index in [-0.39, 0.29) is 0 Å². The molecule has 1 saturated carbocycles. The molecule has 2 atom stereocenters. The van der Waals surface area contributed by atoms with E-state index < -0.39 is 0 Å². The summed E-state index contributed by atoms with van der Waals surface area (Å²) in [7, 11) is 0. The molecular formula is C10H18N4OS. The van der Waals surface area contributed by atoms with Gasteiger partial charge in [0.25, 0.3) is 0 Å². The normalized spacial score (nSPS) is 25.6. The first-order valence-corrected chi connectivity index (χ1v) is 6.92. The molecule has 3 N–H and O–H groups in total. The summed E-state index contributed by atoms with van der Waals surface area (Å²) in [6.45, 7) is 0.298. The Balaban J connectivity index is 1.88. The number of anilines is 1. The van der Waals surface area contributed by atoms with Gasteiger partial charge in [0.1, 0.15) is 0 Å². The van der Waals surface area contributed by atoms with Crippen LogP contribution >= 0.6 is 11.8 Å². The maximum atomic E-state index is 5.41. The molecule has 2 unspecified atom stereocenters. The number of nitrogens with zero attached hydrogens (tertiary/aromatic N) is 2. The lowest BCUT2D eigenvalue weighted by molar-refractivity contribution is 0.449. The number of rotatable bonds is 4. The fourth-order valence-corrected chi connectivity index (χ4v) is 2.89. The van der Waals surface area contributed by atoms with E-state index in [1.807, 2.05) is 11.8 Å². The molecular weight excluding hydrogens is 224 g/mol. The van der Waals surface area contributed by atoms with Crippen molar-refractivity contribution in [1.82, 2.24) is 10.2 Å². The second-order valence-electron chi connectivity index (χ2n) is 4.07. The Hall–Kier alpha value is -0.750. The van der Waals surface area contributed by atoms with Crippen molar-refractivity contribution in [3.8, 4) is 0 Å². The maximum absolute atomic E-state index is 5.41. The van der Waals surface area contributed by atoms with Crippen LogP contribution < -0.4 is 11.1 Å². The molecule has 1 aliphatic rings. The summed E-state index contributed by atoms with van der Waals surface area (Å²) in [4.78, 5) is 0. The predicted octanol–water partition coefficient (Wildman–Crippen LogP) is 1.61. The molecule has 1 aromatic rings. The SMILES string of the molecule is CSC1CCCC(Nc2nnc(CN)o2)C1. The van der Waals surface area contributed by atoms with E-state index in [9.17, 15) is 0 Å². The number of nitrogens with two attached hydrogens (primary N) is 1. The van der Waals surface area contributed by atoms with Gasteiger partial charge in [0.2, 0.25) is 5.89 Å². The van der Waals surface area contributed by atoms with Gasteiger partial charge in [-0.1, -0.05) is 11.5 Å². The lowest BCUT2D eigenvalue weighted by Crippen LogP contribution is -2.28. The third kappa shape index (κ3) is 2.89. The van der Waals surface area contributed by atoms with E-state index in [4.69, 9.17) is 10.2 Å². The average molecular weight is 242 g/mol. The molecule has 1 aliphatic carbocycles. The third-order valence-corrected chi connectivity index (χ3v) is 4.02. The van der Waals surface area contributed by atoms with Crippen molar-refractivity contribution in [2.45, 2.75) is 43.5 Å². The monoisotopic (exact) mass is 242 g/mol. The zero-order chi connectivity index (χ0) is 11.4. The molecule has 0 bridgehead atoms. The quantitative estimate of drug-likeness (QED) is 0.835. The van der Waals surface area contributed by atoms with Crippen molar-refractivity contribution in [3.05, 3.63) is 5.89 Å². The topological polar surface area (TPSA) is 77.0 Å². The molecule has 0 aliphatic heterocycles. The number of hydrogen-bond acceptors (Lipinski definition) is 6. The fraction of sp³-hybridized carbons (Fsp3) is 0.800. The van der Waals surface area contributed by atoms with E-state index in [1.165, 1.54) is 25.7 Å². The molecule has 0 saturated heterocycles. The molecule has 6 heteroatoms. The predicted molar refractivity (Wildman–Crippen MR) is 65.4 cm³/mol. The van der Waals surface area contributed by atoms with E-state index in [0.717, 1.165) is 5.25 Å². The summed E-state index contributed by atoms with van der Waals surface area (Å²) in [5, 5.41) is 11.8. The lowest BCUT2D eigenvalue weighted by Gasteiger charge is -2.27. The highest BCUT2D eigenvalue weighted by molar-refractivity contribution is 7.99. The van der Waals surface area contributed by atoms with Gasteiger partial charge >= 0.3 is 6.01 Å². The van der Waals surface area contributed by atoms with Gasteiger partial charge in [0.15, 0.2) is 0 Å². The average Bonchev–Trinajstić information content (AvgIpc) is 2.77. The molecule has 0 spiro atoms. The largest absolute Gasteiger partial charge is 0.407 e. The molecule has 5 nitrogen and oxygen atoms in total. The van der Waals surface area contributed by atoms with Gasteiger partial charge in [-0.2, -0.15) is 11.8 Å². The molecule has 2 rings (SSSR count). The van der Waals surface area contributed by atoms with Crippen LogP contribution in [0.2, 0.25) is 0 Å². The zero-order valence-corrected chi connectivity index (χ0v) is 10.3. The van der Waals surface area contributed by atoms with Crippen molar-refractivity contribution >= 4 is 17.8 Å². The number of hydrogen-bond donors (Lipinski definition) is 2. The van der Waals surface area contributed by atoms with E-state index in [1.54, 1.807) is 0 Å². The number of nitrogens with one attached hydrogen (secondary N) is 1. The van der Waals surface area contributed by atoms with Crippen LogP contribution in [0.25, 0.3) is 0 Å². The second kappa shape index (κ2) is 5.54. The number of thioether (sulfide) groups is 1. The van der Waals surface area contributed by atoms with Crippen LogP contribution in [0.15, 0.2) is 4.42 Å². The summed E-state index contributed by atoms with van der Waals surface area (Å²) >= 11 is 1.94. The fourth-order valence-electron chi connectivity index (χ4n) is 2.06. The Labute approximate surface area is 99.6 Å².